The first-order valence-corrected chi connectivity index (χ1v) is 7.19. The van der Waals surface area contributed by atoms with E-state index in [0.717, 1.165) is 24.0 Å². The van der Waals surface area contributed by atoms with E-state index in [1.54, 1.807) is 24.3 Å². The third-order valence-electron chi connectivity index (χ3n) is 3.43. The SMILES string of the molecule is CCCn1c(-c2c(N)cccc2Cl)nc2ccc(F)cc21. The molecule has 0 aliphatic rings. The summed E-state index contributed by atoms with van der Waals surface area (Å²) in [7, 11) is 0. The maximum Gasteiger partial charge on any atom is 0.144 e. The number of fused-ring (bicyclic) bond motifs is 1. The minimum atomic E-state index is -0.279. The van der Waals surface area contributed by atoms with Crippen molar-refractivity contribution in [2.45, 2.75) is 19.9 Å². The van der Waals surface area contributed by atoms with Gasteiger partial charge in [-0.25, -0.2) is 9.37 Å². The van der Waals surface area contributed by atoms with Gasteiger partial charge in [0.2, 0.25) is 0 Å². The van der Waals surface area contributed by atoms with E-state index in [1.807, 2.05) is 4.57 Å². The van der Waals surface area contributed by atoms with Crippen LogP contribution >= 0.6 is 11.6 Å². The van der Waals surface area contributed by atoms with Crippen molar-refractivity contribution >= 4 is 28.3 Å². The van der Waals surface area contributed by atoms with Gasteiger partial charge in [0.25, 0.3) is 0 Å². The van der Waals surface area contributed by atoms with E-state index in [9.17, 15) is 4.39 Å². The van der Waals surface area contributed by atoms with Crippen molar-refractivity contribution in [3.8, 4) is 11.4 Å². The molecule has 2 aromatic carbocycles. The molecule has 0 atom stereocenters. The number of anilines is 1. The fraction of sp³-hybridized carbons (Fsp3) is 0.188. The van der Waals surface area contributed by atoms with E-state index in [0.29, 0.717) is 22.1 Å². The lowest BCUT2D eigenvalue weighted by molar-refractivity contribution is 0.627. The number of nitrogen functional groups attached to an aromatic ring is 1. The zero-order valence-electron chi connectivity index (χ0n) is 11.6. The van der Waals surface area contributed by atoms with Gasteiger partial charge in [-0.15, -0.1) is 0 Å². The van der Waals surface area contributed by atoms with Crippen molar-refractivity contribution in [1.29, 1.82) is 0 Å². The van der Waals surface area contributed by atoms with Gasteiger partial charge in [0.1, 0.15) is 11.6 Å². The molecule has 0 saturated carbocycles. The zero-order valence-corrected chi connectivity index (χ0v) is 12.4. The Balaban J connectivity index is 2.34. The third-order valence-corrected chi connectivity index (χ3v) is 3.74. The van der Waals surface area contributed by atoms with Crippen molar-refractivity contribution < 1.29 is 4.39 Å². The predicted octanol–water partition coefficient (Wildman–Crippen LogP) is 4.49. The average molecular weight is 304 g/mol. The smallest absolute Gasteiger partial charge is 0.144 e. The molecular weight excluding hydrogens is 289 g/mol. The van der Waals surface area contributed by atoms with Crippen LogP contribution in [0.2, 0.25) is 5.02 Å². The van der Waals surface area contributed by atoms with Gasteiger partial charge in [-0.2, -0.15) is 0 Å². The van der Waals surface area contributed by atoms with Crippen LogP contribution in [0.25, 0.3) is 22.4 Å². The highest BCUT2D eigenvalue weighted by atomic mass is 35.5. The second-order valence-corrected chi connectivity index (χ2v) is 5.33. The van der Waals surface area contributed by atoms with Crippen LogP contribution in [0.1, 0.15) is 13.3 Å². The molecule has 5 heteroatoms. The Kier molecular flexibility index (Phi) is 3.55. The Morgan fingerprint density at radius 3 is 2.81 bits per heavy atom. The second-order valence-electron chi connectivity index (χ2n) is 4.92. The first kappa shape index (κ1) is 13.9. The Morgan fingerprint density at radius 1 is 1.29 bits per heavy atom. The largest absolute Gasteiger partial charge is 0.398 e. The molecule has 0 unspecified atom stereocenters. The molecule has 2 N–H and O–H groups in total. The second kappa shape index (κ2) is 5.37. The molecule has 108 valence electrons. The van der Waals surface area contributed by atoms with Gasteiger partial charge in [0.15, 0.2) is 0 Å². The molecule has 0 fully saturated rings. The third kappa shape index (κ3) is 2.36. The fourth-order valence-corrected chi connectivity index (χ4v) is 2.78. The number of hydrogen-bond acceptors (Lipinski definition) is 2. The maximum atomic E-state index is 13.5. The summed E-state index contributed by atoms with van der Waals surface area (Å²) in [5.74, 6) is 0.402. The first-order valence-electron chi connectivity index (χ1n) is 6.82. The molecule has 21 heavy (non-hydrogen) atoms. The maximum absolute atomic E-state index is 13.5. The van der Waals surface area contributed by atoms with Gasteiger partial charge in [0, 0.05) is 12.2 Å². The molecule has 3 rings (SSSR count). The van der Waals surface area contributed by atoms with Crippen molar-refractivity contribution in [3.63, 3.8) is 0 Å². The van der Waals surface area contributed by atoms with Crippen LogP contribution in [-0.2, 0) is 6.54 Å². The Hall–Kier alpha value is -2.07. The van der Waals surface area contributed by atoms with E-state index in [1.165, 1.54) is 12.1 Å². The lowest BCUT2D eigenvalue weighted by atomic mass is 10.1. The van der Waals surface area contributed by atoms with Crippen molar-refractivity contribution in [1.82, 2.24) is 9.55 Å². The van der Waals surface area contributed by atoms with Gasteiger partial charge in [-0.05, 0) is 36.8 Å². The summed E-state index contributed by atoms with van der Waals surface area (Å²) in [6, 6.07) is 9.95. The number of nitrogens with two attached hydrogens (primary N) is 1. The Labute approximate surface area is 127 Å². The van der Waals surface area contributed by atoms with Crippen LogP contribution in [0.4, 0.5) is 10.1 Å². The topological polar surface area (TPSA) is 43.8 Å². The molecule has 0 aliphatic carbocycles. The van der Waals surface area contributed by atoms with E-state index in [-0.39, 0.29) is 5.82 Å². The lowest BCUT2D eigenvalue weighted by Crippen LogP contribution is -2.02. The highest BCUT2D eigenvalue weighted by molar-refractivity contribution is 6.33. The molecular formula is C16H15ClFN3. The predicted molar refractivity (Wildman–Crippen MR) is 84.8 cm³/mol. The summed E-state index contributed by atoms with van der Waals surface area (Å²) in [5.41, 5.74) is 8.81. The van der Waals surface area contributed by atoms with Gasteiger partial charge < -0.3 is 10.3 Å². The first-order chi connectivity index (χ1) is 10.1. The van der Waals surface area contributed by atoms with E-state index >= 15 is 0 Å². The minimum absolute atomic E-state index is 0.279. The number of imidazole rings is 1. The number of aromatic nitrogens is 2. The molecule has 1 heterocycles. The number of hydrogen-bond donors (Lipinski definition) is 1. The van der Waals surface area contributed by atoms with Gasteiger partial charge in [-0.3, -0.25) is 0 Å². The van der Waals surface area contributed by atoms with Crippen LogP contribution in [0.15, 0.2) is 36.4 Å². The number of rotatable bonds is 3. The summed E-state index contributed by atoms with van der Waals surface area (Å²) in [6.45, 7) is 2.78. The van der Waals surface area contributed by atoms with E-state index in [2.05, 4.69) is 11.9 Å². The molecule has 0 spiro atoms. The van der Waals surface area contributed by atoms with Crippen molar-refractivity contribution in [3.05, 3.63) is 47.2 Å². The van der Waals surface area contributed by atoms with Crippen LogP contribution in [0.5, 0.6) is 0 Å². The fourth-order valence-electron chi connectivity index (χ4n) is 2.51. The highest BCUT2D eigenvalue weighted by Crippen LogP contribution is 2.34. The number of benzene rings is 2. The summed E-state index contributed by atoms with van der Waals surface area (Å²) in [6.07, 6.45) is 0.902. The molecule has 0 amide bonds. The molecule has 0 aliphatic heterocycles. The Morgan fingerprint density at radius 2 is 2.10 bits per heavy atom. The summed E-state index contributed by atoms with van der Waals surface area (Å²) < 4.78 is 15.5. The minimum Gasteiger partial charge on any atom is -0.398 e. The molecule has 0 radical (unpaired) electrons. The summed E-state index contributed by atoms with van der Waals surface area (Å²) >= 11 is 6.29. The van der Waals surface area contributed by atoms with Crippen LogP contribution < -0.4 is 5.73 Å². The standard InChI is InChI=1S/C16H15ClFN3/c1-2-8-21-14-9-10(18)6-7-13(14)20-16(21)15-11(17)4-3-5-12(15)19/h3-7,9H,2,8,19H2,1H3. The summed E-state index contributed by atoms with van der Waals surface area (Å²) in [4.78, 5) is 4.60. The van der Waals surface area contributed by atoms with Crippen LogP contribution in [0.3, 0.4) is 0 Å². The zero-order chi connectivity index (χ0) is 15.0. The van der Waals surface area contributed by atoms with E-state index < -0.39 is 0 Å². The molecule has 3 aromatic rings. The number of nitrogens with zero attached hydrogens (tertiary/aromatic N) is 2. The monoisotopic (exact) mass is 303 g/mol. The number of aryl methyl sites for hydroxylation is 1. The number of halogens is 2. The average Bonchev–Trinajstić information content (AvgIpc) is 2.78. The van der Waals surface area contributed by atoms with Crippen molar-refractivity contribution in [2.24, 2.45) is 0 Å². The lowest BCUT2D eigenvalue weighted by Gasteiger charge is -2.11. The summed E-state index contributed by atoms with van der Waals surface area (Å²) in [5, 5.41) is 0.545. The molecule has 3 nitrogen and oxygen atoms in total. The van der Waals surface area contributed by atoms with Gasteiger partial charge in [-0.1, -0.05) is 24.6 Å². The van der Waals surface area contributed by atoms with Gasteiger partial charge >= 0.3 is 0 Å². The normalized spacial score (nSPS) is 11.2. The van der Waals surface area contributed by atoms with Crippen molar-refractivity contribution in [2.75, 3.05) is 5.73 Å². The molecule has 0 saturated heterocycles. The molecule has 1 aromatic heterocycles. The quantitative estimate of drug-likeness (QED) is 0.725. The highest BCUT2D eigenvalue weighted by Gasteiger charge is 2.17. The Bertz CT molecular complexity index is 790. The van der Waals surface area contributed by atoms with Crippen LogP contribution in [0, 0.1) is 5.82 Å². The van der Waals surface area contributed by atoms with E-state index in [4.69, 9.17) is 17.3 Å². The van der Waals surface area contributed by atoms with Crippen LogP contribution in [-0.4, -0.2) is 9.55 Å². The molecule has 0 bridgehead atoms. The van der Waals surface area contributed by atoms with Gasteiger partial charge in [0.05, 0.1) is 21.6 Å².